The monoisotopic (exact) mass is 176 g/mol. The minimum absolute atomic E-state index is 0.192. The zero-order valence-electron chi connectivity index (χ0n) is 5.00. The molecule has 0 aromatic rings. The van der Waals surface area contributed by atoms with Crippen molar-refractivity contribution in [3.05, 3.63) is 0 Å². The van der Waals surface area contributed by atoms with Crippen LogP contribution in [-0.4, -0.2) is 11.5 Å². The predicted molar refractivity (Wildman–Crippen MR) is 49.0 cm³/mol. The van der Waals surface area contributed by atoms with E-state index < -0.39 is 0 Å². The van der Waals surface area contributed by atoms with Crippen LogP contribution >= 0.6 is 10.8 Å². The molecule has 0 aromatic heterocycles. The summed E-state index contributed by atoms with van der Waals surface area (Å²) in [5.41, 5.74) is 0. The lowest BCUT2D eigenvalue weighted by Gasteiger charge is -2.16. The van der Waals surface area contributed by atoms with Gasteiger partial charge in [0.2, 0.25) is 0 Å². The van der Waals surface area contributed by atoms with Gasteiger partial charge in [-0.3, -0.25) is 0 Å². The van der Waals surface area contributed by atoms with Crippen LogP contribution in [0.25, 0.3) is 0 Å². The summed E-state index contributed by atoms with van der Waals surface area (Å²) < 4.78 is 0. The molecule has 0 bridgehead atoms. The highest BCUT2D eigenvalue weighted by atomic mass is 33.3. The summed E-state index contributed by atoms with van der Waals surface area (Å²) >= 11 is 5.11. The second-order valence-corrected chi connectivity index (χ2v) is 7.28. The van der Waals surface area contributed by atoms with E-state index in [4.69, 9.17) is 17.6 Å². The van der Waals surface area contributed by atoms with E-state index in [0.717, 1.165) is 17.9 Å². The molecule has 0 N–H and O–H groups in total. The summed E-state index contributed by atoms with van der Waals surface area (Å²) in [5.74, 6) is 5.50. The predicted octanol–water partition coefficient (Wildman–Crippen LogP) is 1.37. The summed E-state index contributed by atoms with van der Waals surface area (Å²) in [6, 6.07) is 0. The van der Waals surface area contributed by atoms with E-state index >= 15 is 0 Å². The van der Waals surface area contributed by atoms with Crippen molar-refractivity contribution >= 4 is 30.5 Å². The standard InChI is InChI=1S/C6H8S3/c1-2-6-3-4-9(7)8-5-6/h1,6H,3-5H2. The third kappa shape index (κ3) is 2.29. The Labute approximate surface area is 66.8 Å². The Morgan fingerprint density at radius 3 is 3.00 bits per heavy atom. The molecule has 1 aliphatic heterocycles. The van der Waals surface area contributed by atoms with Crippen molar-refractivity contribution in [2.75, 3.05) is 11.5 Å². The van der Waals surface area contributed by atoms with E-state index in [1.54, 1.807) is 0 Å². The van der Waals surface area contributed by atoms with Crippen LogP contribution in [-0.2, 0) is 19.7 Å². The summed E-state index contributed by atoms with van der Waals surface area (Å²) in [4.78, 5) is 0. The summed E-state index contributed by atoms with van der Waals surface area (Å²) in [6.45, 7) is 0. The van der Waals surface area contributed by atoms with Crippen molar-refractivity contribution < 1.29 is 0 Å². The Morgan fingerprint density at radius 2 is 2.56 bits per heavy atom. The van der Waals surface area contributed by atoms with E-state index in [0.29, 0.717) is 5.92 Å². The Balaban J connectivity index is 2.37. The van der Waals surface area contributed by atoms with E-state index in [1.165, 1.54) is 0 Å². The van der Waals surface area contributed by atoms with Gasteiger partial charge in [-0.1, -0.05) is 19.3 Å². The molecule has 2 unspecified atom stereocenters. The minimum atomic E-state index is 0.192. The number of hydrogen-bond acceptors (Lipinski definition) is 2. The van der Waals surface area contributed by atoms with Crippen molar-refractivity contribution in [2.24, 2.45) is 5.92 Å². The quantitative estimate of drug-likeness (QED) is 0.404. The highest BCUT2D eigenvalue weighted by molar-refractivity contribution is 8.82. The van der Waals surface area contributed by atoms with Crippen LogP contribution in [0.4, 0.5) is 0 Å². The van der Waals surface area contributed by atoms with Crippen LogP contribution in [0, 0.1) is 18.3 Å². The van der Waals surface area contributed by atoms with Gasteiger partial charge in [-0.2, -0.15) is 0 Å². The zero-order valence-corrected chi connectivity index (χ0v) is 7.45. The Hall–Kier alpha value is 0.480. The smallest absolute Gasteiger partial charge is 0.0307 e. The molecule has 0 nitrogen and oxygen atoms in total. The van der Waals surface area contributed by atoms with Gasteiger partial charge in [0.15, 0.2) is 0 Å². The van der Waals surface area contributed by atoms with E-state index in [1.807, 2.05) is 10.8 Å². The highest BCUT2D eigenvalue weighted by Gasteiger charge is 2.12. The van der Waals surface area contributed by atoms with Gasteiger partial charge in [0.25, 0.3) is 0 Å². The number of hydrogen-bond donors (Lipinski definition) is 0. The van der Waals surface area contributed by atoms with Crippen LogP contribution in [0.1, 0.15) is 6.42 Å². The van der Waals surface area contributed by atoms with Gasteiger partial charge < -0.3 is 0 Å². The molecule has 9 heavy (non-hydrogen) atoms. The third-order valence-corrected chi connectivity index (χ3v) is 5.70. The molecule has 1 saturated heterocycles. The third-order valence-electron chi connectivity index (χ3n) is 1.27. The average Bonchev–Trinajstić information content (AvgIpc) is 1.90. The van der Waals surface area contributed by atoms with Gasteiger partial charge in [0.05, 0.1) is 0 Å². The topological polar surface area (TPSA) is 0 Å². The molecule has 1 fully saturated rings. The van der Waals surface area contributed by atoms with E-state index in [9.17, 15) is 0 Å². The minimum Gasteiger partial charge on any atom is -0.120 e. The van der Waals surface area contributed by atoms with Gasteiger partial charge in [0, 0.05) is 17.4 Å². The van der Waals surface area contributed by atoms with Gasteiger partial charge >= 0.3 is 0 Å². The van der Waals surface area contributed by atoms with Crippen LogP contribution < -0.4 is 0 Å². The first kappa shape index (κ1) is 7.59. The zero-order chi connectivity index (χ0) is 6.69. The van der Waals surface area contributed by atoms with Crippen molar-refractivity contribution in [2.45, 2.75) is 6.42 Å². The average molecular weight is 176 g/mol. The fourth-order valence-corrected chi connectivity index (χ4v) is 4.22. The SMILES string of the molecule is C#CC1CCS(=S)SC1. The van der Waals surface area contributed by atoms with Gasteiger partial charge in [-0.05, 0) is 17.6 Å². The molecule has 0 radical (unpaired) electrons. The summed E-state index contributed by atoms with van der Waals surface area (Å²) in [5, 5.41) is 0. The number of terminal acetylenes is 1. The molecule has 3 heteroatoms. The maximum absolute atomic E-state index is 5.25. The molecule has 1 heterocycles. The van der Waals surface area contributed by atoms with Crippen LogP contribution in [0.3, 0.4) is 0 Å². The van der Waals surface area contributed by atoms with Gasteiger partial charge in [0.1, 0.15) is 0 Å². The van der Waals surface area contributed by atoms with Crippen molar-refractivity contribution in [1.82, 2.24) is 0 Å². The number of rotatable bonds is 0. The van der Waals surface area contributed by atoms with E-state index in [2.05, 4.69) is 5.92 Å². The van der Waals surface area contributed by atoms with Crippen molar-refractivity contribution in [3.63, 3.8) is 0 Å². The molecule has 0 aromatic carbocycles. The summed E-state index contributed by atoms with van der Waals surface area (Å²) in [7, 11) is 2.04. The second-order valence-electron chi connectivity index (χ2n) is 1.94. The first-order valence-corrected chi connectivity index (χ1v) is 6.63. The first-order valence-electron chi connectivity index (χ1n) is 2.80. The first-order chi connectivity index (χ1) is 4.33. The highest BCUT2D eigenvalue weighted by Crippen LogP contribution is 2.23. The summed E-state index contributed by atoms with van der Waals surface area (Å²) in [6.07, 6.45) is 6.40. The molecular formula is C6H8S3. The molecule has 0 amide bonds. The maximum Gasteiger partial charge on any atom is 0.0307 e. The largest absolute Gasteiger partial charge is 0.120 e. The normalized spacial score (nSPS) is 35.4. The molecule has 1 rings (SSSR count). The van der Waals surface area contributed by atoms with Gasteiger partial charge in [-0.25, -0.2) is 0 Å². The van der Waals surface area contributed by atoms with Crippen LogP contribution in [0.15, 0.2) is 0 Å². The molecule has 0 aliphatic carbocycles. The van der Waals surface area contributed by atoms with E-state index in [-0.39, 0.29) is 8.49 Å². The van der Waals surface area contributed by atoms with Crippen molar-refractivity contribution in [3.8, 4) is 12.3 Å². The molecule has 0 saturated carbocycles. The fraction of sp³-hybridized carbons (Fsp3) is 0.667. The fourth-order valence-electron chi connectivity index (χ4n) is 0.670. The lowest BCUT2D eigenvalue weighted by Crippen LogP contribution is -2.11. The second kappa shape index (κ2) is 3.60. The van der Waals surface area contributed by atoms with Crippen molar-refractivity contribution in [1.29, 1.82) is 0 Å². The Bertz CT molecular complexity index is 146. The molecule has 2 atom stereocenters. The maximum atomic E-state index is 5.25. The van der Waals surface area contributed by atoms with Crippen LogP contribution in [0.2, 0.25) is 0 Å². The van der Waals surface area contributed by atoms with Crippen LogP contribution in [0.5, 0.6) is 0 Å². The van der Waals surface area contributed by atoms with Gasteiger partial charge in [-0.15, -0.1) is 12.3 Å². The Kier molecular flexibility index (Phi) is 3.03. The molecule has 50 valence electrons. The molecular weight excluding hydrogens is 168 g/mol. The molecule has 1 aliphatic rings. The Morgan fingerprint density at radius 1 is 1.78 bits per heavy atom. The lowest BCUT2D eigenvalue weighted by molar-refractivity contribution is 0.741. The lowest BCUT2D eigenvalue weighted by atomic mass is 10.1. The molecule has 0 spiro atoms.